The Bertz CT molecular complexity index is 893. The van der Waals surface area contributed by atoms with Gasteiger partial charge >= 0.3 is 0 Å². The number of nitrogens with zero attached hydrogens (tertiary/aromatic N) is 1. The molecular weight excluding hydrogens is 328 g/mol. The van der Waals surface area contributed by atoms with Crippen LogP contribution >= 0.6 is 0 Å². The van der Waals surface area contributed by atoms with Crippen molar-refractivity contribution >= 4 is 27.3 Å². The molecule has 126 valence electrons. The van der Waals surface area contributed by atoms with E-state index in [2.05, 4.69) is 5.32 Å². The second-order valence-corrected chi connectivity index (χ2v) is 7.78. The molecule has 1 aliphatic heterocycles. The molecule has 2 aromatic rings. The molecule has 0 aromatic heterocycles. The van der Waals surface area contributed by atoms with E-state index >= 15 is 0 Å². The van der Waals surface area contributed by atoms with Crippen molar-refractivity contribution in [3.8, 4) is 5.75 Å². The molecule has 0 bridgehead atoms. The van der Waals surface area contributed by atoms with Crippen LogP contribution < -0.4 is 9.62 Å². The molecule has 1 fully saturated rings. The normalized spacial score (nSPS) is 16.1. The van der Waals surface area contributed by atoms with Crippen molar-refractivity contribution in [1.82, 2.24) is 0 Å². The lowest BCUT2D eigenvalue weighted by Gasteiger charge is -2.17. The number of benzene rings is 2. The molecule has 24 heavy (non-hydrogen) atoms. The van der Waals surface area contributed by atoms with Crippen LogP contribution in [0, 0.1) is 6.92 Å². The number of hydrogen-bond acceptors (Lipinski definition) is 4. The van der Waals surface area contributed by atoms with Crippen LogP contribution in [0.15, 0.2) is 42.5 Å². The number of anilines is 2. The third kappa shape index (κ3) is 3.21. The molecule has 2 N–H and O–H groups in total. The predicted molar refractivity (Wildman–Crippen MR) is 93.0 cm³/mol. The van der Waals surface area contributed by atoms with E-state index in [1.807, 2.05) is 6.92 Å². The second kappa shape index (κ2) is 6.16. The quantitative estimate of drug-likeness (QED) is 0.836. The molecule has 1 amide bonds. The van der Waals surface area contributed by atoms with Gasteiger partial charge in [-0.05, 0) is 49.2 Å². The molecule has 0 unspecified atom stereocenters. The van der Waals surface area contributed by atoms with Crippen molar-refractivity contribution in [2.45, 2.75) is 13.3 Å². The van der Waals surface area contributed by atoms with E-state index in [0.717, 1.165) is 5.56 Å². The average molecular weight is 346 g/mol. The summed E-state index contributed by atoms with van der Waals surface area (Å²) in [5, 5.41) is 12.5. The topological polar surface area (TPSA) is 86.7 Å². The zero-order valence-corrected chi connectivity index (χ0v) is 14.0. The highest BCUT2D eigenvalue weighted by Crippen LogP contribution is 2.27. The van der Waals surface area contributed by atoms with Gasteiger partial charge in [-0.2, -0.15) is 0 Å². The summed E-state index contributed by atoms with van der Waals surface area (Å²) in [7, 11) is -3.29. The number of carbonyl (C=O) groups is 1. The van der Waals surface area contributed by atoms with Gasteiger partial charge in [0.15, 0.2) is 0 Å². The Kier molecular flexibility index (Phi) is 4.19. The van der Waals surface area contributed by atoms with Crippen LogP contribution in [0.5, 0.6) is 5.75 Å². The fourth-order valence-electron chi connectivity index (χ4n) is 2.67. The number of aromatic hydroxyl groups is 1. The molecule has 6 nitrogen and oxygen atoms in total. The Labute approximate surface area is 140 Å². The van der Waals surface area contributed by atoms with Gasteiger partial charge in [0.2, 0.25) is 10.0 Å². The highest BCUT2D eigenvalue weighted by Gasteiger charge is 2.28. The number of phenolic OH excluding ortho intramolecular Hbond substituents is 1. The lowest BCUT2D eigenvalue weighted by Crippen LogP contribution is -2.25. The molecule has 2 aromatic carbocycles. The van der Waals surface area contributed by atoms with Gasteiger partial charge in [0.25, 0.3) is 5.91 Å². The summed E-state index contributed by atoms with van der Waals surface area (Å²) in [5.74, 6) is -0.296. The van der Waals surface area contributed by atoms with Gasteiger partial charge in [0, 0.05) is 12.1 Å². The minimum atomic E-state index is -3.29. The first kappa shape index (κ1) is 16.3. The number of aryl methyl sites for hydroxylation is 1. The largest absolute Gasteiger partial charge is 0.506 e. The number of rotatable bonds is 3. The number of phenols is 1. The molecule has 7 heteroatoms. The molecule has 3 rings (SSSR count). The Balaban J connectivity index is 1.84. The lowest BCUT2D eigenvalue weighted by molar-refractivity contribution is 0.102. The molecule has 1 aliphatic rings. The maximum Gasteiger partial charge on any atom is 0.255 e. The Morgan fingerprint density at radius 3 is 2.67 bits per heavy atom. The third-order valence-electron chi connectivity index (χ3n) is 3.90. The molecule has 1 saturated heterocycles. The summed E-state index contributed by atoms with van der Waals surface area (Å²) in [4.78, 5) is 12.4. The Morgan fingerprint density at radius 1 is 1.21 bits per heavy atom. The summed E-state index contributed by atoms with van der Waals surface area (Å²) >= 11 is 0. The van der Waals surface area contributed by atoms with Crippen LogP contribution in [0.2, 0.25) is 0 Å². The first-order valence-electron chi connectivity index (χ1n) is 7.58. The van der Waals surface area contributed by atoms with Crippen molar-refractivity contribution in [1.29, 1.82) is 0 Å². The standard InChI is InChI=1S/C17H18N2O4S/c1-12-6-7-15(16(20)10-12)18-17(21)13-4-2-5-14(11-13)19-8-3-9-24(19,22)23/h2,4-7,10-11,20H,3,8-9H2,1H3,(H,18,21). The van der Waals surface area contributed by atoms with Crippen molar-refractivity contribution in [2.75, 3.05) is 21.9 Å². The van der Waals surface area contributed by atoms with Crippen LogP contribution in [0.3, 0.4) is 0 Å². The number of nitrogens with one attached hydrogen (secondary N) is 1. The van der Waals surface area contributed by atoms with Gasteiger partial charge in [-0.15, -0.1) is 0 Å². The summed E-state index contributed by atoms with van der Waals surface area (Å²) in [6.07, 6.45) is 0.579. The average Bonchev–Trinajstić information content (AvgIpc) is 2.89. The van der Waals surface area contributed by atoms with Crippen molar-refractivity contribution in [2.24, 2.45) is 0 Å². The van der Waals surface area contributed by atoms with Crippen LogP contribution in [0.25, 0.3) is 0 Å². The molecule has 0 spiro atoms. The summed E-state index contributed by atoms with van der Waals surface area (Å²) in [6.45, 7) is 2.26. The van der Waals surface area contributed by atoms with Gasteiger partial charge in [-0.25, -0.2) is 8.42 Å². The fourth-order valence-corrected chi connectivity index (χ4v) is 4.23. The van der Waals surface area contributed by atoms with E-state index in [1.165, 1.54) is 4.31 Å². The number of amides is 1. The van der Waals surface area contributed by atoms with E-state index < -0.39 is 15.9 Å². The van der Waals surface area contributed by atoms with Crippen LogP contribution in [0.4, 0.5) is 11.4 Å². The molecule has 0 saturated carbocycles. The third-order valence-corrected chi connectivity index (χ3v) is 5.77. The lowest BCUT2D eigenvalue weighted by atomic mass is 10.1. The monoisotopic (exact) mass is 346 g/mol. The molecule has 1 heterocycles. The summed E-state index contributed by atoms with van der Waals surface area (Å²) in [5.41, 5.74) is 2.00. The van der Waals surface area contributed by atoms with Crippen molar-refractivity contribution in [3.05, 3.63) is 53.6 Å². The van der Waals surface area contributed by atoms with Crippen LogP contribution in [-0.2, 0) is 10.0 Å². The molecule has 0 aliphatic carbocycles. The maximum absolute atomic E-state index is 12.4. The Hall–Kier alpha value is -2.54. The molecular formula is C17H18N2O4S. The minimum absolute atomic E-state index is 0.0124. The van der Waals surface area contributed by atoms with E-state index in [-0.39, 0.29) is 11.5 Å². The number of carbonyl (C=O) groups excluding carboxylic acids is 1. The van der Waals surface area contributed by atoms with E-state index in [9.17, 15) is 18.3 Å². The predicted octanol–water partition coefficient (Wildman–Crippen LogP) is 2.49. The van der Waals surface area contributed by atoms with Crippen molar-refractivity contribution in [3.63, 3.8) is 0 Å². The second-order valence-electron chi connectivity index (χ2n) is 5.77. The maximum atomic E-state index is 12.4. The first-order valence-corrected chi connectivity index (χ1v) is 9.19. The highest BCUT2D eigenvalue weighted by molar-refractivity contribution is 7.93. The number of hydrogen-bond donors (Lipinski definition) is 2. The van der Waals surface area contributed by atoms with E-state index in [4.69, 9.17) is 0 Å². The zero-order chi connectivity index (χ0) is 17.3. The summed E-state index contributed by atoms with van der Waals surface area (Å²) in [6, 6.07) is 11.4. The smallest absolute Gasteiger partial charge is 0.255 e. The van der Waals surface area contributed by atoms with Gasteiger partial charge < -0.3 is 10.4 Å². The first-order chi connectivity index (χ1) is 11.4. The molecule has 0 atom stereocenters. The summed E-state index contributed by atoms with van der Waals surface area (Å²) < 4.78 is 25.3. The van der Waals surface area contributed by atoms with Gasteiger partial charge in [0.1, 0.15) is 5.75 Å². The Morgan fingerprint density at radius 2 is 2.00 bits per heavy atom. The van der Waals surface area contributed by atoms with E-state index in [0.29, 0.717) is 29.9 Å². The molecule has 0 radical (unpaired) electrons. The van der Waals surface area contributed by atoms with Crippen LogP contribution in [-0.4, -0.2) is 31.7 Å². The highest BCUT2D eigenvalue weighted by atomic mass is 32.2. The van der Waals surface area contributed by atoms with Gasteiger partial charge in [-0.3, -0.25) is 9.10 Å². The zero-order valence-electron chi connectivity index (χ0n) is 13.2. The van der Waals surface area contributed by atoms with Gasteiger partial charge in [-0.1, -0.05) is 12.1 Å². The SMILES string of the molecule is Cc1ccc(NC(=O)c2cccc(N3CCCS3(=O)=O)c2)c(O)c1. The van der Waals surface area contributed by atoms with Crippen molar-refractivity contribution < 1.29 is 18.3 Å². The van der Waals surface area contributed by atoms with Gasteiger partial charge in [0.05, 0.1) is 17.1 Å². The van der Waals surface area contributed by atoms with E-state index in [1.54, 1.807) is 42.5 Å². The van der Waals surface area contributed by atoms with Crippen LogP contribution in [0.1, 0.15) is 22.3 Å². The minimum Gasteiger partial charge on any atom is -0.506 e. The number of sulfonamides is 1. The fraction of sp³-hybridized carbons (Fsp3) is 0.235.